The lowest BCUT2D eigenvalue weighted by atomic mass is 9.85. The summed E-state index contributed by atoms with van der Waals surface area (Å²) in [5, 5.41) is 3.49. The van der Waals surface area contributed by atoms with Crippen LogP contribution < -0.4 is 5.32 Å². The van der Waals surface area contributed by atoms with Gasteiger partial charge in [0.05, 0.1) is 5.52 Å². The molecule has 0 amide bonds. The Morgan fingerprint density at radius 2 is 2.37 bits per heavy atom. The number of H-pyrrole nitrogens is 1. The number of aryl methyl sites for hydroxylation is 1. The monoisotopic (exact) mass is 258 g/mol. The molecule has 2 aromatic rings. The first-order valence-electron chi connectivity index (χ1n) is 7.24. The van der Waals surface area contributed by atoms with Gasteiger partial charge in [0.1, 0.15) is 5.82 Å². The lowest BCUT2D eigenvalue weighted by Gasteiger charge is -2.27. The second-order valence-corrected chi connectivity index (χ2v) is 5.86. The highest BCUT2D eigenvalue weighted by Crippen LogP contribution is 2.23. The average Bonchev–Trinajstić information content (AvgIpc) is 2.81. The SMILES string of the molecule is Cc1cnc2nc(CC(C)C3CCCNC3)[nH]c2c1. The first kappa shape index (κ1) is 12.6. The van der Waals surface area contributed by atoms with Gasteiger partial charge in [0.25, 0.3) is 0 Å². The molecule has 0 saturated carbocycles. The van der Waals surface area contributed by atoms with E-state index in [2.05, 4.69) is 40.2 Å². The maximum atomic E-state index is 4.60. The Morgan fingerprint density at radius 3 is 3.16 bits per heavy atom. The largest absolute Gasteiger partial charge is 0.341 e. The van der Waals surface area contributed by atoms with Crippen molar-refractivity contribution in [2.24, 2.45) is 11.8 Å². The van der Waals surface area contributed by atoms with E-state index in [1.807, 2.05) is 6.20 Å². The molecule has 102 valence electrons. The third-order valence-electron chi connectivity index (χ3n) is 4.18. The first-order chi connectivity index (χ1) is 9.22. The van der Waals surface area contributed by atoms with Gasteiger partial charge in [-0.3, -0.25) is 0 Å². The molecule has 0 radical (unpaired) electrons. The molecule has 19 heavy (non-hydrogen) atoms. The summed E-state index contributed by atoms with van der Waals surface area (Å²) in [7, 11) is 0. The normalized spacial score (nSPS) is 21.7. The third-order valence-corrected chi connectivity index (χ3v) is 4.18. The number of fused-ring (bicyclic) bond motifs is 1. The van der Waals surface area contributed by atoms with Gasteiger partial charge in [-0.2, -0.15) is 0 Å². The fraction of sp³-hybridized carbons (Fsp3) is 0.600. The van der Waals surface area contributed by atoms with E-state index < -0.39 is 0 Å². The van der Waals surface area contributed by atoms with Crippen LogP contribution in [0.2, 0.25) is 0 Å². The molecular weight excluding hydrogens is 236 g/mol. The molecule has 4 heteroatoms. The Bertz CT molecular complexity index is 554. The Hall–Kier alpha value is -1.42. The molecule has 3 heterocycles. The summed E-state index contributed by atoms with van der Waals surface area (Å²) >= 11 is 0. The van der Waals surface area contributed by atoms with E-state index in [0.29, 0.717) is 5.92 Å². The molecule has 0 aromatic carbocycles. The molecule has 1 aliphatic heterocycles. The van der Waals surface area contributed by atoms with Crippen LogP contribution in [0.3, 0.4) is 0 Å². The van der Waals surface area contributed by atoms with Crippen LogP contribution in [-0.4, -0.2) is 28.0 Å². The van der Waals surface area contributed by atoms with E-state index in [0.717, 1.165) is 35.9 Å². The van der Waals surface area contributed by atoms with Gasteiger partial charge >= 0.3 is 0 Å². The van der Waals surface area contributed by atoms with Gasteiger partial charge in [0.15, 0.2) is 5.65 Å². The van der Waals surface area contributed by atoms with Crippen molar-refractivity contribution in [2.75, 3.05) is 13.1 Å². The quantitative estimate of drug-likeness (QED) is 0.889. The standard InChI is InChI=1S/C15H22N4/c1-10-6-13-15(17-8-10)19-14(18-13)7-11(2)12-4-3-5-16-9-12/h6,8,11-12,16H,3-5,7,9H2,1-2H3,(H,17,18,19). The van der Waals surface area contributed by atoms with Crippen molar-refractivity contribution in [3.05, 3.63) is 23.7 Å². The van der Waals surface area contributed by atoms with Crippen LogP contribution in [0.1, 0.15) is 31.2 Å². The van der Waals surface area contributed by atoms with Gasteiger partial charge in [-0.05, 0) is 56.3 Å². The molecule has 0 aliphatic carbocycles. The number of piperidine rings is 1. The topological polar surface area (TPSA) is 53.6 Å². The summed E-state index contributed by atoms with van der Waals surface area (Å²) in [6, 6.07) is 2.12. The van der Waals surface area contributed by atoms with Crippen molar-refractivity contribution < 1.29 is 0 Å². The number of aromatic amines is 1. The Balaban J connectivity index is 1.73. The molecule has 0 bridgehead atoms. The summed E-state index contributed by atoms with van der Waals surface area (Å²) in [4.78, 5) is 12.4. The summed E-state index contributed by atoms with van der Waals surface area (Å²) in [5.74, 6) is 2.51. The average molecular weight is 258 g/mol. The number of hydrogen-bond donors (Lipinski definition) is 2. The number of nitrogens with zero attached hydrogens (tertiary/aromatic N) is 2. The van der Waals surface area contributed by atoms with E-state index in [4.69, 9.17) is 0 Å². The van der Waals surface area contributed by atoms with Crippen molar-refractivity contribution >= 4 is 11.2 Å². The molecule has 4 nitrogen and oxygen atoms in total. The van der Waals surface area contributed by atoms with Gasteiger partial charge in [-0.25, -0.2) is 9.97 Å². The number of imidazole rings is 1. The summed E-state index contributed by atoms with van der Waals surface area (Å²) in [6.07, 6.45) is 5.53. The number of pyridine rings is 1. The molecule has 1 aliphatic rings. The van der Waals surface area contributed by atoms with E-state index in [1.54, 1.807) is 0 Å². The molecule has 3 rings (SSSR count). The van der Waals surface area contributed by atoms with Crippen LogP contribution >= 0.6 is 0 Å². The maximum Gasteiger partial charge on any atom is 0.177 e. The van der Waals surface area contributed by atoms with Gasteiger partial charge in [0.2, 0.25) is 0 Å². The molecule has 2 unspecified atom stereocenters. The minimum absolute atomic E-state index is 0.662. The van der Waals surface area contributed by atoms with E-state index in [1.165, 1.54) is 24.9 Å². The van der Waals surface area contributed by atoms with Crippen LogP contribution in [0.15, 0.2) is 12.3 Å². The summed E-state index contributed by atoms with van der Waals surface area (Å²) in [6.45, 7) is 6.72. The number of hydrogen-bond acceptors (Lipinski definition) is 3. The Morgan fingerprint density at radius 1 is 1.47 bits per heavy atom. The smallest absolute Gasteiger partial charge is 0.177 e. The zero-order valence-corrected chi connectivity index (χ0v) is 11.7. The minimum atomic E-state index is 0.662. The molecule has 0 spiro atoms. The lowest BCUT2D eigenvalue weighted by molar-refractivity contribution is 0.276. The minimum Gasteiger partial charge on any atom is -0.341 e. The Kier molecular flexibility index (Phi) is 3.51. The van der Waals surface area contributed by atoms with Crippen LogP contribution in [-0.2, 0) is 6.42 Å². The number of nitrogens with one attached hydrogen (secondary N) is 2. The maximum absolute atomic E-state index is 4.60. The highest BCUT2D eigenvalue weighted by molar-refractivity contribution is 5.70. The molecule has 2 aromatic heterocycles. The second-order valence-electron chi connectivity index (χ2n) is 5.86. The molecule has 2 N–H and O–H groups in total. The van der Waals surface area contributed by atoms with Crippen molar-refractivity contribution in [1.82, 2.24) is 20.3 Å². The van der Waals surface area contributed by atoms with Crippen LogP contribution in [0.4, 0.5) is 0 Å². The second kappa shape index (κ2) is 5.29. The zero-order valence-electron chi connectivity index (χ0n) is 11.7. The van der Waals surface area contributed by atoms with Crippen LogP contribution in [0.5, 0.6) is 0 Å². The van der Waals surface area contributed by atoms with E-state index >= 15 is 0 Å². The molecule has 2 atom stereocenters. The first-order valence-corrected chi connectivity index (χ1v) is 7.24. The van der Waals surface area contributed by atoms with Gasteiger partial charge in [-0.15, -0.1) is 0 Å². The predicted molar refractivity (Wildman–Crippen MR) is 77.1 cm³/mol. The fourth-order valence-electron chi connectivity index (χ4n) is 2.99. The number of aromatic nitrogens is 3. The summed E-state index contributed by atoms with van der Waals surface area (Å²) < 4.78 is 0. The Labute approximate surface area is 114 Å². The van der Waals surface area contributed by atoms with Crippen molar-refractivity contribution in [2.45, 2.75) is 33.1 Å². The van der Waals surface area contributed by atoms with Crippen molar-refractivity contribution in [3.8, 4) is 0 Å². The lowest BCUT2D eigenvalue weighted by Crippen LogP contribution is -2.34. The number of rotatable bonds is 3. The summed E-state index contributed by atoms with van der Waals surface area (Å²) in [5.41, 5.74) is 3.07. The fourth-order valence-corrected chi connectivity index (χ4v) is 2.99. The van der Waals surface area contributed by atoms with E-state index in [9.17, 15) is 0 Å². The van der Waals surface area contributed by atoms with Crippen molar-refractivity contribution in [3.63, 3.8) is 0 Å². The predicted octanol–water partition coefficient (Wildman–Crippen LogP) is 2.44. The van der Waals surface area contributed by atoms with Crippen LogP contribution in [0, 0.1) is 18.8 Å². The van der Waals surface area contributed by atoms with Gasteiger partial charge in [-0.1, -0.05) is 6.92 Å². The van der Waals surface area contributed by atoms with Gasteiger partial charge in [0, 0.05) is 12.6 Å². The van der Waals surface area contributed by atoms with Gasteiger partial charge < -0.3 is 10.3 Å². The zero-order chi connectivity index (χ0) is 13.2. The van der Waals surface area contributed by atoms with Crippen LogP contribution in [0.25, 0.3) is 11.2 Å². The third kappa shape index (κ3) is 2.78. The van der Waals surface area contributed by atoms with Crippen molar-refractivity contribution in [1.29, 1.82) is 0 Å². The highest BCUT2D eigenvalue weighted by atomic mass is 15.0. The molecular formula is C15H22N4. The highest BCUT2D eigenvalue weighted by Gasteiger charge is 2.21. The van der Waals surface area contributed by atoms with E-state index in [-0.39, 0.29) is 0 Å². The molecule has 1 fully saturated rings. The molecule has 1 saturated heterocycles.